The second-order valence-electron chi connectivity index (χ2n) is 5.16. The summed E-state index contributed by atoms with van der Waals surface area (Å²) in [6, 6.07) is 9.86. The third-order valence-electron chi connectivity index (χ3n) is 3.61. The van der Waals surface area contributed by atoms with Crippen molar-refractivity contribution in [2.75, 3.05) is 18.0 Å². The average molecular weight is 406 g/mol. The molecule has 0 aliphatic carbocycles. The summed E-state index contributed by atoms with van der Waals surface area (Å²) < 4.78 is 0. The third-order valence-corrected chi connectivity index (χ3v) is 5.88. The number of halogens is 1. The number of aromatic nitrogens is 2. The molecule has 0 amide bonds. The second-order valence-corrected chi connectivity index (χ2v) is 7.48. The lowest BCUT2D eigenvalue weighted by molar-refractivity contribution is 0.112. The quantitative estimate of drug-likeness (QED) is 0.357. The number of aldehydes is 1. The molecule has 0 radical (unpaired) electrons. The van der Waals surface area contributed by atoms with Crippen molar-refractivity contribution in [1.82, 2.24) is 9.97 Å². The SMILES string of the molecule is CCN(CC)c1nc(-c2ccccc2)c(N=Nc2nc(Cl)c(C=O)s2)s1. The van der Waals surface area contributed by atoms with E-state index in [1.165, 1.54) is 11.3 Å². The zero-order valence-corrected chi connectivity index (χ0v) is 16.6. The summed E-state index contributed by atoms with van der Waals surface area (Å²) in [6.07, 6.45) is 0.666. The monoisotopic (exact) mass is 405 g/mol. The van der Waals surface area contributed by atoms with Crippen molar-refractivity contribution in [2.45, 2.75) is 13.8 Å². The van der Waals surface area contributed by atoms with Gasteiger partial charge in [-0.1, -0.05) is 64.6 Å². The maximum atomic E-state index is 10.9. The Hall–Kier alpha value is -2.16. The molecule has 2 heterocycles. The molecule has 9 heteroatoms. The zero-order valence-electron chi connectivity index (χ0n) is 14.2. The minimum absolute atomic E-state index is 0.148. The molecule has 0 fully saturated rings. The van der Waals surface area contributed by atoms with Crippen LogP contribution in [0.15, 0.2) is 40.6 Å². The number of hydrogen-bond donors (Lipinski definition) is 0. The van der Waals surface area contributed by atoms with Gasteiger partial charge in [0.2, 0.25) is 5.13 Å². The summed E-state index contributed by atoms with van der Waals surface area (Å²) in [4.78, 5) is 22.2. The van der Waals surface area contributed by atoms with Gasteiger partial charge in [-0.25, -0.2) is 9.97 Å². The molecule has 0 aliphatic rings. The molecule has 0 atom stereocenters. The van der Waals surface area contributed by atoms with E-state index in [9.17, 15) is 4.79 Å². The van der Waals surface area contributed by atoms with Gasteiger partial charge in [0.1, 0.15) is 10.6 Å². The molecule has 2 aromatic heterocycles. The fourth-order valence-corrected chi connectivity index (χ4v) is 4.21. The Morgan fingerprint density at radius 3 is 2.46 bits per heavy atom. The van der Waals surface area contributed by atoms with E-state index in [0.717, 1.165) is 40.8 Å². The number of carbonyl (C=O) groups excluding carboxylic acids is 1. The van der Waals surface area contributed by atoms with Crippen LogP contribution in [0.25, 0.3) is 11.3 Å². The van der Waals surface area contributed by atoms with Crippen molar-refractivity contribution < 1.29 is 4.79 Å². The first-order valence-electron chi connectivity index (χ1n) is 8.00. The first-order chi connectivity index (χ1) is 12.7. The summed E-state index contributed by atoms with van der Waals surface area (Å²) in [5.74, 6) is 0. The maximum absolute atomic E-state index is 10.9. The van der Waals surface area contributed by atoms with E-state index in [4.69, 9.17) is 16.6 Å². The van der Waals surface area contributed by atoms with Crippen LogP contribution in [0.4, 0.5) is 15.3 Å². The summed E-state index contributed by atoms with van der Waals surface area (Å²) >= 11 is 8.47. The lowest BCUT2D eigenvalue weighted by Gasteiger charge is -2.16. The van der Waals surface area contributed by atoms with Gasteiger partial charge < -0.3 is 4.90 Å². The Morgan fingerprint density at radius 2 is 1.85 bits per heavy atom. The van der Waals surface area contributed by atoms with Crippen LogP contribution < -0.4 is 4.90 Å². The van der Waals surface area contributed by atoms with Gasteiger partial charge in [-0.15, -0.1) is 10.2 Å². The summed E-state index contributed by atoms with van der Waals surface area (Å²) in [5, 5.41) is 10.6. The Balaban J connectivity index is 2.00. The predicted octanol–water partition coefficient (Wildman–Crippen LogP) is 5.99. The standard InChI is InChI=1S/C17H16ClN5OS2/c1-3-23(4-2)17-19-13(11-8-6-5-7-9-11)15(26-17)21-22-16-20-14(18)12(10-24)25-16/h5-10H,3-4H2,1-2H3. The van der Waals surface area contributed by atoms with E-state index >= 15 is 0 Å². The van der Waals surface area contributed by atoms with Gasteiger partial charge in [0.15, 0.2) is 21.6 Å². The van der Waals surface area contributed by atoms with E-state index in [1.807, 2.05) is 30.3 Å². The van der Waals surface area contributed by atoms with Gasteiger partial charge in [0.05, 0.1) is 0 Å². The van der Waals surface area contributed by atoms with Crippen molar-refractivity contribution in [1.29, 1.82) is 0 Å². The lowest BCUT2D eigenvalue weighted by atomic mass is 10.2. The van der Waals surface area contributed by atoms with Crippen LogP contribution >= 0.6 is 34.3 Å². The third kappa shape index (κ3) is 3.98. The van der Waals surface area contributed by atoms with Crippen LogP contribution in [0.2, 0.25) is 5.15 Å². The molecule has 6 nitrogen and oxygen atoms in total. The zero-order chi connectivity index (χ0) is 18.5. The van der Waals surface area contributed by atoms with Crippen molar-refractivity contribution in [3.63, 3.8) is 0 Å². The maximum Gasteiger partial charge on any atom is 0.232 e. The minimum atomic E-state index is 0.148. The van der Waals surface area contributed by atoms with Crippen LogP contribution in [-0.2, 0) is 0 Å². The fourth-order valence-electron chi connectivity index (χ4n) is 2.29. The van der Waals surface area contributed by atoms with E-state index in [1.54, 1.807) is 0 Å². The average Bonchev–Trinajstić information content (AvgIpc) is 3.25. The van der Waals surface area contributed by atoms with E-state index < -0.39 is 0 Å². The molecule has 26 heavy (non-hydrogen) atoms. The van der Waals surface area contributed by atoms with Gasteiger partial charge in [0, 0.05) is 18.7 Å². The molecular formula is C17H16ClN5OS2. The van der Waals surface area contributed by atoms with Gasteiger partial charge in [-0.3, -0.25) is 4.79 Å². The summed E-state index contributed by atoms with van der Waals surface area (Å²) in [6.45, 7) is 5.90. The molecular weight excluding hydrogens is 390 g/mol. The predicted molar refractivity (Wildman–Crippen MR) is 108 cm³/mol. The summed E-state index contributed by atoms with van der Waals surface area (Å²) in [5.41, 5.74) is 1.75. The number of nitrogens with zero attached hydrogens (tertiary/aromatic N) is 5. The largest absolute Gasteiger partial charge is 0.349 e. The van der Waals surface area contributed by atoms with Crippen molar-refractivity contribution in [3.05, 3.63) is 40.4 Å². The van der Waals surface area contributed by atoms with Crippen molar-refractivity contribution in [3.8, 4) is 11.3 Å². The smallest absolute Gasteiger partial charge is 0.232 e. The first kappa shape index (κ1) is 18.6. The van der Waals surface area contributed by atoms with Crippen LogP contribution in [0.3, 0.4) is 0 Å². The molecule has 0 aliphatic heterocycles. The number of carbonyl (C=O) groups is 1. The number of benzene rings is 1. The van der Waals surface area contributed by atoms with Gasteiger partial charge >= 0.3 is 0 Å². The van der Waals surface area contributed by atoms with Gasteiger partial charge in [-0.05, 0) is 13.8 Å². The molecule has 0 saturated heterocycles. The topological polar surface area (TPSA) is 70.8 Å². The molecule has 3 aromatic rings. The molecule has 0 unspecified atom stereocenters. The second kappa shape index (κ2) is 8.48. The van der Waals surface area contributed by atoms with E-state index in [2.05, 4.69) is 34.0 Å². The van der Waals surface area contributed by atoms with Crippen LogP contribution in [0.5, 0.6) is 0 Å². The number of rotatable bonds is 7. The van der Waals surface area contributed by atoms with Crippen molar-refractivity contribution in [2.24, 2.45) is 10.2 Å². The Morgan fingerprint density at radius 1 is 1.12 bits per heavy atom. The minimum Gasteiger partial charge on any atom is -0.349 e. The molecule has 0 spiro atoms. The Kier molecular flexibility index (Phi) is 6.08. The highest BCUT2D eigenvalue weighted by Gasteiger charge is 2.16. The fraction of sp³-hybridized carbons (Fsp3) is 0.235. The highest BCUT2D eigenvalue weighted by molar-refractivity contribution is 7.19. The molecule has 0 N–H and O–H groups in total. The van der Waals surface area contributed by atoms with Gasteiger partial charge in [0.25, 0.3) is 0 Å². The molecule has 0 saturated carbocycles. The normalized spacial score (nSPS) is 11.2. The van der Waals surface area contributed by atoms with Crippen LogP contribution in [-0.4, -0.2) is 29.3 Å². The first-order valence-corrected chi connectivity index (χ1v) is 10.0. The summed E-state index contributed by atoms with van der Waals surface area (Å²) in [7, 11) is 0. The molecule has 134 valence electrons. The lowest BCUT2D eigenvalue weighted by Crippen LogP contribution is -2.21. The van der Waals surface area contributed by atoms with Gasteiger partial charge in [-0.2, -0.15) is 0 Å². The van der Waals surface area contributed by atoms with E-state index in [0.29, 0.717) is 21.3 Å². The number of azo groups is 1. The molecule has 0 bridgehead atoms. The Bertz CT molecular complexity index is 919. The van der Waals surface area contributed by atoms with Crippen LogP contribution in [0.1, 0.15) is 23.5 Å². The van der Waals surface area contributed by atoms with E-state index in [-0.39, 0.29) is 5.15 Å². The van der Waals surface area contributed by atoms with Crippen LogP contribution in [0, 0.1) is 0 Å². The highest BCUT2D eigenvalue weighted by Crippen LogP contribution is 2.40. The number of thiazole rings is 2. The van der Waals surface area contributed by atoms with Crippen molar-refractivity contribution >= 4 is 55.8 Å². The number of hydrogen-bond acceptors (Lipinski definition) is 8. The number of anilines is 1. The molecule has 1 aromatic carbocycles. The molecule has 3 rings (SSSR count). The highest BCUT2D eigenvalue weighted by atomic mass is 35.5. The Labute approximate surface area is 164 Å².